The van der Waals surface area contributed by atoms with E-state index in [0.29, 0.717) is 11.5 Å². The van der Waals surface area contributed by atoms with Gasteiger partial charge in [-0.05, 0) is 31.7 Å². The molecule has 1 saturated carbocycles. The van der Waals surface area contributed by atoms with Crippen molar-refractivity contribution in [1.82, 2.24) is 15.1 Å². The Bertz CT molecular complexity index is 400. The van der Waals surface area contributed by atoms with Gasteiger partial charge in [-0.3, -0.25) is 4.68 Å². The second-order valence-corrected chi connectivity index (χ2v) is 6.61. The summed E-state index contributed by atoms with van der Waals surface area (Å²) >= 11 is 0. The van der Waals surface area contributed by atoms with Crippen molar-refractivity contribution in [3.8, 4) is 0 Å². The van der Waals surface area contributed by atoms with Crippen LogP contribution in [-0.2, 0) is 6.42 Å². The molecule has 2 fully saturated rings. The van der Waals surface area contributed by atoms with Crippen LogP contribution in [0.15, 0.2) is 12.3 Å². The summed E-state index contributed by atoms with van der Waals surface area (Å²) in [7, 11) is 0. The van der Waals surface area contributed by atoms with E-state index in [1.54, 1.807) is 0 Å². The predicted octanol–water partition coefficient (Wildman–Crippen LogP) is 3.32. The lowest BCUT2D eigenvalue weighted by atomic mass is 9.74. The molecule has 0 spiro atoms. The molecule has 0 radical (unpaired) electrons. The highest BCUT2D eigenvalue weighted by molar-refractivity contribution is 5.07. The van der Waals surface area contributed by atoms with E-state index in [1.807, 2.05) is 0 Å². The second kappa shape index (κ2) is 5.66. The number of hydrogen-bond donors (Lipinski definition) is 1. The highest BCUT2D eigenvalue weighted by atomic mass is 15.3. The van der Waals surface area contributed by atoms with Gasteiger partial charge in [-0.25, -0.2) is 0 Å². The number of hydrogen-bond acceptors (Lipinski definition) is 2. The van der Waals surface area contributed by atoms with Crippen molar-refractivity contribution in [3.05, 3.63) is 18.0 Å². The van der Waals surface area contributed by atoms with Gasteiger partial charge < -0.3 is 5.32 Å². The van der Waals surface area contributed by atoms with Crippen molar-refractivity contribution in [2.45, 2.75) is 64.3 Å². The van der Waals surface area contributed by atoms with Crippen LogP contribution in [0.3, 0.4) is 0 Å². The fourth-order valence-electron chi connectivity index (χ4n) is 3.80. The Morgan fingerprint density at radius 1 is 1.32 bits per heavy atom. The Kier molecular flexibility index (Phi) is 3.92. The first-order chi connectivity index (χ1) is 9.31. The zero-order valence-electron chi connectivity index (χ0n) is 12.2. The maximum atomic E-state index is 4.87. The molecule has 0 bridgehead atoms. The first kappa shape index (κ1) is 13.2. The van der Waals surface area contributed by atoms with E-state index in [2.05, 4.69) is 29.2 Å². The minimum absolute atomic E-state index is 0.500. The summed E-state index contributed by atoms with van der Waals surface area (Å²) in [4.78, 5) is 0. The van der Waals surface area contributed by atoms with Gasteiger partial charge in [0.2, 0.25) is 0 Å². The second-order valence-electron chi connectivity index (χ2n) is 6.61. The molecule has 1 saturated heterocycles. The van der Waals surface area contributed by atoms with Crippen molar-refractivity contribution < 1.29 is 0 Å². The van der Waals surface area contributed by atoms with Gasteiger partial charge in [-0.1, -0.05) is 32.6 Å². The first-order valence-corrected chi connectivity index (χ1v) is 8.06. The first-order valence-electron chi connectivity index (χ1n) is 8.06. The van der Waals surface area contributed by atoms with Crippen LogP contribution in [0.5, 0.6) is 0 Å². The standard InChI is InChI=1S/C16H27N3/c1-2-9-16(12-17-13-16)11-14-8-10-19(18-14)15-6-4-3-5-7-15/h8,10,15,17H,2-7,9,11-13H2,1H3. The lowest BCUT2D eigenvalue weighted by Crippen LogP contribution is -2.54. The maximum Gasteiger partial charge on any atom is 0.0631 e. The molecule has 19 heavy (non-hydrogen) atoms. The molecule has 0 unspecified atom stereocenters. The number of nitrogens with one attached hydrogen (secondary N) is 1. The van der Waals surface area contributed by atoms with Crippen LogP contribution in [0.1, 0.15) is 63.6 Å². The lowest BCUT2D eigenvalue weighted by molar-refractivity contribution is 0.148. The van der Waals surface area contributed by atoms with E-state index in [0.717, 1.165) is 6.42 Å². The molecular weight excluding hydrogens is 234 g/mol. The van der Waals surface area contributed by atoms with Gasteiger partial charge in [0.1, 0.15) is 0 Å². The largest absolute Gasteiger partial charge is 0.316 e. The molecule has 1 aliphatic heterocycles. The SMILES string of the molecule is CCCC1(Cc2ccn(C3CCCCC3)n2)CNC1. The van der Waals surface area contributed by atoms with Crippen molar-refractivity contribution in [2.75, 3.05) is 13.1 Å². The predicted molar refractivity (Wildman–Crippen MR) is 78.3 cm³/mol. The van der Waals surface area contributed by atoms with Gasteiger partial charge in [-0.15, -0.1) is 0 Å². The van der Waals surface area contributed by atoms with E-state index in [4.69, 9.17) is 5.10 Å². The molecule has 2 aliphatic rings. The summed E-state index contributed by atoms with van der Waals surface area (Å²) < 4.78 is 2.25. The summed E-state index contributed by atoms with van der Waals surface area (Å²) in [5, 5.41) is 8.31. The maximum absolute atomic E-state index is 4.87. The summed E-state index contributed by atoms with van der Waals surface area (Å²) in [5.41, 5.74) is 1.81. The topological polar surface area (TPSA) is 29.9 Å². The quantitative estimate of drug-likeness (QED) is 0.881. The van der Waals surface area contributed by atoms with Crippen LogP contribution >= 0.6 is 0 Å². The summed E-state index contributed by atoms with van der Waals surface area (Å²) in [5.74, 6) is 0. The smallest absolute Gasteiger partial charge is 0.0631 e. The van der Waals surface area contributed by atoms with E-state index in [1.165, 1.54) is 63.7 Å². The van der Waals surface area contributed by atoms with Crippen LogP contribution in [0.25, 0.3) is 0 Å². The van der Waals surface area contributed by atoms with E-state index < -0.39 is 0 Å². The Morgan fingerprint density at radius 2 is 2.11 bits per heavy atom. The number of aromatic nitrogens is 2. The summed E-state index contributed by atoms with van der Waals surface area (Å²) in [6.45, 7) is 4.65. The van der Waals surface area contributed by atoms with Crippen molar-refractivity contribution >= 4 is 0 Å². The average Bonchev–Trinajstić information content (AvgIpc) is 2.86. The third-order valence-electron chi connectivity index (χ3n) is 4.95. The van der Waals surface area contributed by atoms with Crippen molar-refractivity contribution in [1.29, 1.82) is 0 Å². The summed E-state index contributed by atoms with van der Waals surface area (Å²) in [6.07, 6.45) is 12.8. The minimum Gasteiger partial charge on any atom is -0.316 e. The molecule has 1 aromatic rings. The Labute approximate surface area is 116 Å². The molecule has 3 nitrogen and oxygen atoms in total. The lowest BCUT2D eigenvalue weighted by Gasteiger charge is -2.42. The fourth-order valence-corrected chi connectivity index (χ4v) is 3.80. The van der Waals surface area contributed by atoms with Gasteiger partial charge in [-0.2, -0.15) is 5.10 Å². The molecule has 106 valence electrons. The zero-order valence-corrected chi connectivity index (χ0v) is 12.2. The van der Waals surface area contributed by atoms with Gasteiger partial charge in [0.05, 0.1) is 11.7 Å². The van der Waals surface area contributed by atoms with Crippen molar-refractivity contribution in [2.24, 2.45) is 5.41 Å². The van der Waals surface area contributed by atoms with E-state index >= 15 is 0 Å². The van der Waals surface area contributed by atoms with E-state index in [-0.39, 0.29) is 0 Å². The highest BCUT2D eigenvalue weighted by Gasteiger charge is 2.36. The third-order valence-corrected chi connectivity index (χ3v) is 4.95. The monoisotopic (exact) mass is 261 g/mol. The van der Waals surface area contributed by atoms with Crippen molar-refractivity contribution in [3.63, 3.8) is 0 Å². The molecule has 3 heteroatoms. The molecule has 1 aromatic heterocycles. The van der Waals surface area contributed by atoms with Crippen LogP contribution in [0.2, 0.25) is 0 Å². The van der Waals surface area contributed by atoms with Gasteiger partial charge in [0.25, 0.3) is 0 Å². The molecule has 0 atom stereocenters. The number of rotatable bonds is 5. The Balaban J connectivity index is 1.64. The summed E-state index contributed by atoms with van der Waals surface area (Å²) in [6, 6.07) is 2.92. The molecule has 1 aliphatic carbocycles. The highest BCUT2D eigenvalue weighted by Crippen LogP contribution is 2.33. The van der Waals surface area contributed by atoms with Crippen LogP contribution < -0.4 is 5.32 Å². The third kappa shape index (κ3) is 2.86. The van der Waals surface area contributed by atoms with Gasteiger partial charge in [0.15, 0.2) is 0 Å². The fraction of sp³-hybridized carbons (Fsp3) is 0.812. The minimum atomic E-state index is 0.500. The Hall–Kier alpha value is -0.830. The molecule has 1 N–H and O–H groups in total. The van der Waals surface area contributed by atoms with Crippen LogP contribution in [-0.4, -0.2) is 22.9 Å². The molecule has 0 aromatic carbocycles. The zero-order chi connectivity index (χ0) is 13.1. The molecule has 2 heterocycles. The van der Waals surface area contributed by atoms with Crippen LogP contribution in [0, 0.1) is 5.41 Å². The molecule has 0 amide bonds. The molecular formula is C16H27N3. The van der Waals surface area contributed by atoms with Crippen LogP contribution in [0.4, 0.5) is 0 Å². The number of nitrogens with zero attached hydrogens (tertiary/aromatic N) is 2. The van der Waals surface area contributed by atoms with Gasteiger partial charge in [0, 0.05) is 24.7 Å². The Morgan fingerprint density at radius 3 is 2.74 bits per heavy atom. The van der Waals surface area contributed by atoms with E-state index in [9.17, 15) is 0 Å². The average molecular weight is 261 g/mol. The molecule has 3 rings (SSSR count). The van der Waals surface area contributed by atoms with Gasteiger partial charge >= 0.3 is 0 Å². The normalized spacial score (nSPS) is 23.2.